The van der Waals surface area contributed by atoms with Gasteiger partial charge in [0.05, 0.1) is 0 Å². The van der Waals surface area contributed by atoms with E-state index in [2.05, 4.69) is 10.4 Å². The Morgan fingerprint density at radius 2 is 2.16 bits per heavy atom. The van der Waals surface area contributed by atoms with E-state index in [1.54, 1.807) is 6.26 Å². The zero-order valence-corrected chi connectivity index (χ0v) is 11.6. The summed E-state index contributed by atoms with van der Waals surface area (Å²) in [4.78, 5) is 12.0. The third kappa shape index (κ3) is 2.70. The lowest BCUT2D eigenvalue weighted by atomic mass is 10.3. The van der Waals surface area contributed by atoms with Crippen LogP contribution in [0.3, 0.4) is 0 Å². The highest BCUT2D eigenvalue weighted by Gasteiger charge is 2.15. The number of thiocarbonyl (C=S) groups is 1. The van der Waals surface area contributed by atoms with Crippen LogP contribution in [0.5, 0.6) is 0 Å². The van der Waals surface area contributed by atoms with Gasteiger partial charge in [0.1, 0.15) is 11.1 Å². The molecule has 0 amide bonds. The summed E-state index contributed by atoms with van der Waals surface area (Å²) >= 11 is 6.45. The van der Waals surface area contributed by atoms with E-state index in [-0.39, 0.29) is 10.7 Å². The number of para-hydroxylation sites is 1. The molecule has 0 aliphatic rings. The SMILES string of the molecule is CSc1[nH]n(C(=S)Nc2ccccc2)c(=O)c1C#N. The molecule has 0 unspecified atom stereocenters. The Morgan fingerprint density at radius 1 is 1.47 bits per heavy atom. The highest BCUT2D eigenvalue weighted by Crippen LogP contribution is 2.14. The number of nitrogens with one attached hydrogen (secondary N) is 2. The van der Waals surface area contributed by atoms with Crippen molar-refractivity contribution in [2.75, 3.05) is 11.6 Å². The van der Waals surface area contributed by atoms with Crippen molar-refractivity contribution in [1.29, 1.82) is 5.26 Å². The molecule has 0 aliphatic heterocycles. The van der Waals surface area contributed by atoms with Crippen molar-refractivity contribution >= 4 is 34.8 Å². The summed E-state index contributed by atoms with van der Waals surface area (Å²) in [7, 11) is 0. The lowest BCUT2D eigenvalue weighted by Crippen LogP contribution is -2.30. The summed E-state index contributed by atoms with van der Waals surface area (Å²) in [6, 6.07) is 11.1. The first-order valence-corrected chi connectivity index (χ1v) is 6.96. The Hall–Kier alpha value is -2.04. The number of hydrogen-bond acceptors (Lipinski definition) is 4. The highest BCUT2D eigenvalue weighted by atomic mass is 32.2. The Morgan fingerprint density at radius 3 is 2.68 bits per heavy atom. The van der Waals surface area contributed by atoms with E-state index in [1.807, 2.05) is 36.4 Å². The summed E-state index contributed by atoms with van der Waals surface area (Å²) in [5.74, 6) is 0. The number of anilines is 1. The van der Waals surface area contributed by atoms with Gasteiger partial charge in [0.15, 0.2) is 10.7 Å². The fraction of sp³-hybridized carbons (Fsp3) is 0.0833. The molecule has 96 valence electrons. The monoisotopic (exact) mass is 290 g/mol. The number of thioether (sulfide) groups is 1. The third-order valence-corrected chi connectivity index (χ3v) is 3.39. The molecular formula is C12H10N4OS2. The normalized spacial score (nSPS) is 9.89. The Balaban J connectivity index is 2.33. The molecule has 0 radical (unpaired) electrons. The van der Waals surface area contributed by atoms with Gasteiger partial charge >= 0.3 is 0 Å². The van der Waals surface area contributed by atoms with Gasteiger partial charge in [-0.1, -0.05) is 18.2 Å². The molecule has 0 fully saturated rings. The van der Waals surface area contributed by atoms with Crippen molar-refractivity contribution in [3.8, 4) is 6.07 Å². The number of rotatable bonds is 2. The summed E-state index contributed by atoms with van der Waals surface area (Å²) in [5, 5.41) is 15.4. The minimum absolute atomic E-state index is 0.0738. The maximum absolute atomic E-state index is 12.0. The largest absolute Gasteiger partial charge is 0.331 e. The average molecular weight is 290 g/mol. The van der Waals surface area contributed by atoms with Gasteiger partial charge in [-0.05, 0) is 30.6 Å². The third-order valence-electron chi connectivity index (χ3n) is 2.40. The topological polar surface area (TPSA) is 73.6 Å². The smallest absolute Gasteiger partial charge is 0.292 e. The molecule has 0 bridgehead atoms. The number of aromatic amines is 1. The lowest BCUT2D eigenvalue weighted by Gasteiger charge is -2.07. The molecule has 2 N–H and O–H groups in total. The predicted octanol–water partition coefficient (Wildman–Crippen LogP) is 2.02. The second-order valence-corrected chi connectivity index (χ2v) is 4.77. The molecule has 2 rings (SSSR count). The molecule has 19 heavy (non-hydrogen) atoms. The maximum atomic E-state index is 12.0. The van der Waals surface area contributed by atoms with Crippen LogP contribution >= 0.6 is 24.0 Å². The molecule has 5 nitrogen and oxygen atoms in total. The van der Waals surface area contributed by atoms with Crippen LogP contribution in [0.2, 0.25) is 0 Å². The molecule has 0 saturated carbocycles. The van der Waals surface area contributed by atoms with Gasteiger partial charge in [-0.3, -0.25) is 9.89 Å². The van der Waals surface area contributed by atoms with E-state index < -0.39 is 5.56 Å². The second-order valence-electron chi connectivity index (χ2n) is 3.57. The van der Waals surface area contributed by atoms with E-state index >= 15 is 0 Å². The molecular weight excluding hydrogens is 280 g/mol. The van der Waals surface area contributed by atoms with Crippen LogP contribution in [0, 0.1) is 11.3 Å². The first kappa shape index (κ1) is 13.4. The van der Waals surface area contributed by atoms with Crippen LogP contribution in [0.4, 0.5) is 5.69 Å². The number of benzene rings is 1. The first-order valence-electron chi connectivity index (χ1n) is 5.33. The van der Waals surface area contributed by atoms with Crippen molar-refractivity contribution in [3.63, 3.8) is 0 Å². The Kier molecular flexibility index (Phi) is 4.04. The molecule has 2 aromatic rings. The second kappa shape index (κ2) is 5.73. The van der Waals surface area contributed by atoms with Crippen molar-refractivity contribution in [2.45, 2.75) is 5.03 Å². The van der Waals surface area contributed by atoms with Crippen LogP contribution in [0.15, 0.2) is 40.2 Å². The maximum Gasteiger partial charge on any atom is 0.292 e. The van der Waals surface area contributed by atoms with E-state index in [0.29, 0.717) is 5.03 Å². The van der Waals surface area contributed by atoms with Crippen LogP contribution < -0.4 is 10.9 Å². The lowest BCUT2D eigenvalue weighted by molar-refractivity contribution is 0.870. The van der Waals surface area contributed by atoms with E-state index in [0.717, 1.165) is 10.4 Å². The van der Waals surface area contributed by atoms with Gasteiger partial charge in [0.25, 0.3) is 5.56 Å². The number of nitrogens with zero attached hydrogens (tertiary/aromatic N) is 2. The molecule has 0 atom stereocenters. The zero-order valence-electron chi connectivity index (χ0n) is 10.0. The van der Waals surface area contributed by atoms with Crippen LogP contribution in [0.1, 0.15) is 5.56 Å². The van der Waals surface area contributed by atoms with Gasteiger partial charge in [0.2, 0.25) is 0 Å². The number of aromatic nitrogens is 2. The fourth-order valence-corrected chi connectivity index (χ4v) is 2.27. The quantitative estimate of drug-likeness (QED) is 0.654. The summed E-state index contributed by atoms with van der Waals surface area (Å²) in [6.07, 6.45) is 1.78. The molecule has 0 aliphatic carbocycles. The fourth-order valence-electron chi connectivity index (χ4n) is 1.51. The van der Waals surface area contributed by atoms with Crippen molar-refractivity contribution in [1.82, 2.24) is 9.78 Å². The van der Waals surface area contributed by atoms with Crippen LogP contribution in [-0.2, 0) is 0 Å². The predicted molar refractivity (Wildman–Crippen MR) is 79.6 cm³/mol. The van der Waals surface area contributed by atoms with Gasteiger partial charge in [0, 0.05) is 5.69 Å². The van der Waals surface area contributed by atoms with Crippen LogP contribution in [-0.4, -0.2) is 21.1 Å². The highest BCUT2D eigenvalue weighted by molar-refractivity contribution is 7.98. The molecule has 7 heteroatoms. The van der Waals surface area contributed by atoms with Gasteiger partial charge in [-0.2, -0.15) is 9.94 Å². The average Bonchev–Trinajstić information content (AvgIpc) is 2.76. The Bertz CT molecular complexity index is 697. The van der Waals surface area contributed by atoms with Crippen molar-refractivity contribution < 1.29 is 0 Å². The molecule has 1 heterocycles. The molecule has 0 saturated heterocycles. The van der Waals surface area contributed by atoms with Crippen molar-refractivity contribution in [2.24, 2.45) is 0 Å². The minimum atomic E-state index is -0.444. The molecule has 0 spiro atoms. The van der Waals surface area contributed by atoms with Crippen LogP contribution in [0.25, 0.3) is 0 Å². The van der Waals surface area contributed by atoms with Gasteiger partial charge in [-0.25, -0.2) is 0 Å². The zero-order chi connectivity index (χ0) is 13.8. The first-order chi connectivity index (χ1) is 9.17. The van der Waals surface area contributed by atoms with Gasteiger partial charge in [-0.15, -0.1) is 11.8 Å². The number of hydrogen-bond donors (Lipinski definition) is 2. The molecule has 1 aromatic carbocycles. The van der Waals surface area contributed by atoms with E-state index in [1.165, 1.54) is 11.8 Å². The van der Waals surface area contributed by atoms with E-state index in [4.69, 9.17) is 17.5 Å². The van der Waals surface area contributed by atoms with Gasteiger partial charge < -0.3 is 5.32 Å². The molecule has 1 aromatic heterocycles. The minimum Gasteiger partial charge on any atom is -0.331 e. The van der Waals surface area contributed by atoms with E-state index in [9.17, 15) is 4.79 Å². The number of H-pyrrole nitrogens is 1. The summed E-state index contributed by atoms with van der Waals surface area (Å²) in [6.45, 7) is 0. The summed E-state index contributed by atoms with van der Waals surface area (Å²) < 4.78 is 1.16. The number of nitriles is 1. The standard InChI is InChI=1S/C12H10N4OS2/c1-19-10-9(7-13)11(17)16(15-10)12(18)14-8-5-3-2-4-6-8/h2-6,15H,1H3,(H,14,18). The summed E-state index contributed by atoms with van der Waals surface area (Å²) in [5.41, 5.74) is 0.406. The van der Waals surface area contributed by atoms with Crippen molar-refractivity contribution in [3.05, 3.63) is 46.2 Å². The Labute approximate surface area is 119 Å².